The van der Waals surface area contributed by atoms with E-state index in [0.717, 1.165) is 11.3 Å². The van der Waals surface area contributed by atoms with Gasteiger partial charge in [-0.05, 0) is 43.4 Å². The highest BCUT2D eigenvalue weighted by molar-refractivity contribution is 5.85. The molecule has 2 rings (SSSR count). The highest BCUT2D eigenvalue weighted by Crippen LogP contribution is 2.35. The monoisotopic (exact) mass is 356 g/mol. The van der Waals surface area contributed by atoms with Crippen molar-refractivity contribution in [2.24, 2.45) is 5.92 Å². The van der Waals surface area contributed by atoms with Crippen molar-refractivity contribution in [3.05, 3.63) is 29.8 Å². The van der Waals surface area contributed by atoms with Crippen molar-refractivity contribution in [1.29, 1.82) is 0 Å². The summed E-state index contributed by atoms with van der Waals surface area (Å²) in [5, 5.41) is 11.1. The van der Waals surface area contributed by atoms with Gasteiger partial charge in [0.05, 0.1) is 13.7 Å². The highest BCUT2D eigenvalue weighted by Gasteiger charge is 2.32. The number of carbonyl (C=O) groups is 2. The summed E-state index contributed by atoms with van der Waals surface area (Å²) in [5.74, 6) is 0.138. The molecule has 1 unspecified atom stereocenters. The van der Waals surface area contributed by atoms with Gasteiger partial charge < -0.3 is 15.2 Å². The summed E-state index contributed by atoms with van der Waals surface area (Å²) in [7, 11) is 1.63. The summed E-state index contributed by atoms with van der Waals surface area (Å²) < 4.78 is 5.16. The molecule has 1 saturated carbocycles. The number of halogens is 1. The third-order valence-electron chi connectivity index (χ3n) is 4.21. The smallest absolute Gasteiger partial charge is 0.322 e. The molecular weight excluding hydrogens is 332 g/mol. The largest absolute Gasteiger partial charge is 0.497 e. The first-order chi connectivity index (χ1) is 11.0. The van der Waals surface area contributed by atoms with Crippen LogP contribution in [0.5, 0.6) is 5.75 Å². The first-order valence-electron chi connectivity index (χ1n) is 7.85. The van der Waals surface area contributed by atoms with E-state index in [1.807, 2.05) is 24.3 Å². The topological polar surface area (TPSA) is 78.9 Å². The number of hydrogen-bond acceptors (Lipinski definition) is 4. The fraction of sp³-hybridized carbons (Fsp3) is 0.529. The molecule has 134 valence electrons. The molecule has 0 spiro atoms. The summed E-state index contributed by atoms with van der Waals surface area (Å²) in [6, 6.07) is 8.08. The number of benzene rings is 1. The molecule has 0 radical (unpaired) electrons. The highest BCUT2D eigenvalue weighted by atomic mass is 35.5. The third kappa shape index (κ3) is 6.37. The lowest BCUT2D eigenvalue weighted by molar-refractivity contribution is -0.138. The van der Waals surface area contributed by atoms with E-state index in [1.54, 1.807) is 7.11 Å². The number of methoxy groups -OCH3 is 1. The van der Waals surface area contributed by atoms with Crippen molar-refractivity contribution < 1.29 is 19.4 Å². The fourth-order valence-corrected chi connectivity index (χ4v) is 2.60. The zero-order chi connectivity index (χ0) is 16.8. The standard InChI is InChI=1S/C17H24N2O4.ClH/c1-12(14-5-6-14)19(11-16(20)18-9-17(21)22)10-13-3-7-15(23-2)8-4-13;/h3-4,7-8,12,14H,5-6,9-11H2,1-2H3,(H,18,20)(H,21,22);1H. The number of aliphatic carboxylic acids is 1. The fourth-order valence-electron chi connectivity index (χ4n) is 2.60. The Morgan fingerprint density at radius 3 is 2.46 bits per heavy atom. The van der Waals surface area contributed by atoms with Gasteiger partial charge in [-0.3, -0.25) is 14.5 Å². The van der Waals surface area contributed by atoms with Crippen molar-refractivity contribution in [1.82, 2.24) is 10.2 Å². The SMILES string of the molecule is COc1ccc(CN(CC(=O)NCC(=O)O)C(C)C2CC2)cc1.Cl. The molecule has 1 fully saturated rings. The van der Waals surface area contributed by atoms with Crippen LogP contribution in [0.15, 0.2) is 24.3 Å². The number of ether oxygens (including phenoxy) is 1. The van der Waals surface area contributed by atoms with E-state index in [4.69, 9.17) is 9.84 Å². The Hall–Kier alpha value is -1.79. The van der Waals surface area contributed by atoms with Crippen LogP contribution in [0.25, 0.3) is 0 Å². The number of rotatable bonds is 9. The van der Waals surface area contributed by atoms with E-state index in [2.05, 4.69) is 17.1 Å². The van der Waals surface area contributed by atoms with E-state index < -0.39 is 5.97 Å². The predicted octanol–water partition coefficient (Wildman–Crippen LogP) is 1.92. The average molecular weight is 357 g/mol. The third-order valence-corrected chi connectivity index (χ3v) is 4.21. The average Bonchev–Trinajstić information content (AvgIpc) is 3.37. The maximum absolute atomic E-state index is 12.0. The van der Waals surface area contributed by atoms with Gasteiger partial charge in [-0.1, -0.05) is 12.1 Å². The van der Waals surface area contributed by atoms with E-state index >= 15 is 0 Å². The molecule has 1 aliphatic carbocycles. The first kappa shape index (κ1) is 20.3. The molecule has 1 aliphatic rings. The van der Waals surface area contributed by atoms with Gasteiger partial charge in [-0.15, -0.1) is 12.4 Å². The molecule has 0 aromatic heterocycles. The molecule has 0 bridgehead atoms. The number of nitrogens with one attached hydrogen (secondary N) is 1. The number of nitrogens with zero attached hydrogens (tertiary/aromatic N) is 1. The summed E-state index contributed by atoms with van der Waals surface area (Å²) in [4.78, 5) is 24.6. The van der Waals surface area contributed by atoms with Gasteiger partial charge in [0.1, 0.15) is 12.3 Å². The van der Waals surface area contributed by atoms with Crippen LogP contribution < -0.4 is 10.1 Å². The van der Waals surface area contributed by atoms with Crippen LogP contribution in [0.4, 0.5) is 0 Å². The van der Waals surface area contributed by atoms with Crippen LogP contribution >= 0.6 is 12.4 Å². The molecule has 1 aromatic rings. The van der Waals surface area contributed by atoms with Crippen LogP contribution in [0.3, 0.4) is 0 Å². The lowest BCUT2D eigenvalue weighted by atomic mass is 10.1. The molecule has 6 nitrogen and oxygen atoms in total. The van der Waals surface area contributed by atoms with Crippen LogP contribution in [-0.2, 0) is 16.1 Å². The van der Waals surface area contributed by atoms with Gasteiger partial charge in [0, 0.05) is 12.6 Å². The van der Waals surface area contributed by atoms with Crippen molar-refractivity contribution in [3.8, 4) is 5.75 Å². The minimum Gasteiger partial charge on any atom is -0.497 e. The number of amides is 1. The van der Waals surface area contributed by atoms with E-state index in [-0.39, 0.29) is 31.4 Å². The summed E-state index contributed by atoms with van der Waals surface area (Å²) in [6.07, 6.45) is 2.38. The molecule has 1 amide bonds. The second-order valence-electron chi connectivity index (χ2n) is 6.00. The lowest BCUT2D eigenvalue weighted by Gasteiger charge is -2.28. The van der Waals surface area contributed by atoms with E-state index in [0.29, 0.717) is 18.5 Å². The number of carbonyl (C=O) groups excluding carboxylic acids is 1. The lowest BCUT2D eigenvalue weighted by Crippen LogP contribution is -2.43. The molecule has 0 aliphatic heterocycles. The van der Waals surface area contributed by atoms with Crippen molar-refractivity contribution in [2.45, 2.75) is 32.4 Å². The van der Waals surface area contributed by atoms with Crippen LogP contribution in [-0.4, -0.2) is 48.1 Å². The molecule has 1 atom stereocenters. The van der Waals surface area contributed by atoms with Gasteiger partial charge in [-0.2, -0.15) is 0 Å². The van der Waals surface area contributed by atoms with Crippen molar-refractivity contribution in [2.75, 3.05) is 20.2 Å². The quantitative estimate of drug-likeness (QED) is 0.706. The Bertz CT molecular complexity index is 546. The molecule has 2 N–H and O–H groups in total. The summed E-state index contributed by atoms with van der Waals surface area (Å²) >= 11 is 0. The zero-order valence-corrected chi connectivity index (χ0v) is 14.8. The molecule has 0 saturated heterocycles. The van der Waals surface area contributed by atoms with E-state index in [9.17, 15) is 9.59 Å². The molecule has 1 aromatic carbocycles. The Morgan fingerprint density at radius 1 is 1.33 bits per heavy atom. The molecule has 0 heterocycles. The van der Waals surface area contributed by atoms with Crippen molar-refractivity contribution >= 4 is 24.3 Å². The molecule has 24 heavy (non-hydrogen) atoms. The summed E-state index contributed by atoms with van der Waals surface area (Å²) in [6.45, 7) is 2.65. The van der Waals surface area contributed by atoms with Gasteiger partial charge in [0.25, 0.3) is 0 Å². The van der Waals surface area contributed by atoms with Crippen LogP contribution in [0, 0.1) is 5.92 Å². The van der Waals surface area contributed by atoms with Gasteiger partial charge in [0.2, 0.25) is 5.91 Å². The maximum Gasteiger partial charge on any atom is 0.322 e. The minimum atomic E-state index is -1.03. The minimum absolute atomic E-state index is 0. The second kappa shape index (κ2) is 9.49. The Morgan fingerprint density at radius 2 is 1.96 bits per heavy atom. The van der Waals surface area contributed by atoms with Crippen LogP contribution in [0.1, 0.15) is 25.3 Å². The maximum atomic E-state index is 12.0. The predicted molar refractivity (Wildman–Crippen MR) is 93.5 cm³/mol. The second-order valence-corrected chi connectivity index (χ2v) is 6.00. The van der Waals surface area contributed by atoms with E-state index in [1.165, 1.54) is 12.8 Å². The Labute approximate surface area is 148 Å². The zero-order valence-electron chi connectivity index (χ0n) is 14.0. The molecular formula is C17H25ClN2O4. The number of carboxylic acid groups (broad SMARTS) is 1. The van der Waals surface area contributed by atoms with Crippen molar-refractivity contribution in [3.63, 3.8) is 0 Å². The van der Waals surface area contributed by atoms with Crippen LogP contribution in [0.2, 0.25) is 0 Å². The van der Waals surface area contributed by atoms with Gasteiger partial charge in [0.15, 0.2) is 0 Å². The number of carboxylic acids is 1. The molecule has 7 heteroatoms. The first-order valence-corrected chi connectivity index (χ1v) is 7.85. The summed E-state index contributed by atoms with van der Waals surface area (Å²) in [5.41, 5.74) is 1.10. The Kier molecular flexibility index (Phi) is 8.01. The van der Waals surface area contributed by atoms with Gasteiger partial charge in [-0.25, -0.2) is 0 Å². The number of hydrogen-bond donors (Lipinski definition) is 2. The Balaban J connectivity index is 0.00000288. The van der Waals surface area contributed by atoms with Gasteiger partial charge >= 0.3 is 5.97 Å². The normalized spacial score (nSPS) is 14.6.